The van der Waals surface area contributed by atoms with Gasteiger partial charge in [0.1, 0.15) is 12.2 Å². The minimum atomic E-state index is -3.40. The van der Waals surface area contributed by atoms with Crippen molar-refractivity contribution in [2.45, 2.75) is 25.3 Å². The van der Waals surface area contributed by atoms with Crippen LogP contribution in [0.5, 0.6) is 0 Å². The normalized spacial score (nSPS) is 12.5. The Balaban J connectivity index is 2.20. The zero-order valence-electron chi connectivity index (χ0n) is 16.4. The molecule has 2 aromatic heterocycles. The van der Waals surface area contributed by atoms with Gasteiger partial charge in [-0.05, 0) is 32.0 Å². The van der Waals surface area contributed by atoms with Gasteiger partial charge in [0.15, 0.2) is 14.6 Å². The van der Waals surface area contributed by atoms with Crippen LogP contribution in [0.3, 0.4) is 0 Å². The van der Waals surface area contributed by atoms with Gasteiger partial charge < -0.3 is 9.30 Å². The molecule has 0 radical (unpaired) electrons. The number of benzene rings is 1. The molecule has 1 aromatic carbocycles. The molecule has 0 spiro atoms. The fourth-order valence-electron chi connectivity index (χ4n) is 2.85. The van der Waals surface area contributed by atoms with Gasteiger partial charge in [0.2, 0.25) is 0 Å². The van der Waals surface area contributed by atoms with E-state index in [0.717, 1.165) is 17.6 Å². The summed E-state index contributed by atoms with van der Waals surface area (Å²) in [6.45, 7) is 3.53. The summed E-state index contributed by atoms with van der Waals surface area (Å²) < 4.78 is 32.3. The van der Waals surface area contributed by atoms with Crippen LogP contribution in [0, 0.1) is 6.92 Å². The molecule has 0 saturated carbocycles. The lowest BCUT2D eigenvalue weighted by Gasteiger charge is -2.06. The maximum Gasteiger partial charge on any atom is 0.326 e. The predicted molar refractivity (Wildman–Crippen MR) is 107 cm³/mol. The first-order valence-electron chi connectivity index (χ1n) is 8.68. The monoisotopic (exact) mass is 436 g/mol. The van der Waals surface area contributed by atoms with E-state index < -0.39 is 21.7 Å². The molecule has 0 fully saturated rings. The molecule has 0 aliphatic rings. The first-order valence-corrected chi connectivity index (χ1v) is 11.4. The highest BCUT2D eigenvalue weighted by molar-refractivity contribution is 7.90. The van der Waals surface area contributed by atoms with Gasteiger partial charge in [0, 0.05) is 18.9 Å². The van der Waals surface area contributed by atoms with Gasteiger partial charge >= 0.3 is 5.97 Å². The molecule has 3 aromatic rings. The minimum Gasteiger partial charge on any atom is -0.465 e. The van der Waals surface area contributed by atoms with E-state index >= 15 is 0 Å². The number of carbonyl (C=O) groups is 2. The number of rotatable bonds is 5. The second-order valence-electron chi connectivity index (χ2n) is 6.39. The fraction of sp³-hybridized carbons (Fsp3) is 0.333. The molecule has 9 nitrogen and oxygen atoms in total. The Morgan fingerprint density at radius 3 is 2.62 bits per heavy atom. The molecule has 0 unspecified atom stereocenters. The number of aromatic nitrogens is 3. The van der Waals surface area contributed by atoms with Gasteiger partial charge in [0.05, 0.1) is 27.9 Å². The van der Waals surface area contributed by atoms with Gasteiger partial charge in [0.25, 0.3) is 5.91 Å². The number of hydrogen-bond donors (Lipinski definition) is 0. The predicted octanol–water partition coefficient (Wildman–Crippen LogP) is 1.45. The summed E-state index contributed by atoms with van der Waals surface area (Å²) in [5, 5.41) is 4.05. The minimum absolute atomic E-state index is 0.148. The van der Waals surface area contributed by atoms with Gasteiger partial charge in [-0.1, -0.05) is 11.3 Å². The van der Waals surface area contributed by atoms with Crippen molar-refractivity contribution < 1.29 is 22.7 Å². The summed E-state index contributed by atoms with van der Waals surface area (Å²) in [5.74, 6) is -0.986. The lowest BCUT2D eigenvalue weighted by molar-refractivity contribution is -0.143. The number of nitrogens with zero attached hydrogens (tertiary/aromatic N) is 4. The third-order valence-corrected chi connectivity index (χ3v) is 6.35. The van der Waals surface area contributed by atoms with Crippen LogP contribution < -0.4 is 4.80 Å². The summed E-state index contributed by atoms with van der Waals surface area (Å²) >= 11 is 1.13. The smallest absolute Gasteiger partial charge is 0.326 e. The van der Waals surface area contributed by atoms with Crippen LogP contribution in [-0.2, 0) is 33.0 Å². The van der Waals surface area contributed by atoms with E-state index in [1.54, 1.807) is 37.7 Å². The third kappa shape index (κ3) is 4.30. The Morgan fingerprint density at radius 2 is 2.03 bits per heavy atom. The van der Waals surface area contributed by atoms with Crippen molar-refractivity contribution in [3.8, 4) is 0 Å². The van der Waals surface area contributed by atoms with E-state index in [9.17, 15) is 18.0 Å². The second-order valence-corrected chi connectivity index (χ2v) is 9.42. The molecule has 0 N–H and O–H groups in total. The Bertz CT molecular complexity index is 1260. The van der Waals surface area contributed by atoms with Crippen LogP contribution in [0.1, 0.15) is 23.0 Å². The van der Waals surface area contributed by atoms with Crippen molar-refractivity contribution >= 4 is 43.3 Å². The first-order chi connectivity index (χ1) is 13.6. The number of fused-ring (bicyclic) bond motifs is 1. The lowest BCUT2D eigenvalue weighted by Crippen LogP contribution is -2.23. The van der Waals surface area contributed by atoms with Gasteiger partial charge in [-0.25, -0.2) is 8.42 Å². The van der Waals surface area contributed by atoms with Crippen molar-refractivity contribution in [1.82, 2.24) is 14.3 Å². The second kappa shape index (κ2) is 7.91. The summed E-state index contributed by atoms with van der Waals surface area (Å²) in [7, 11) is -1.76. The molecular weight excluding hydrogens is 416 g/mol. The molecule has 2 heterocycles. The number of hydrogen-bond acceptors (Lipinski definition) is 7. The molecule has 0 aliphatic heterocycles. The summed E-state index contributed by atoms with van der Waals surface area (Å²) in [5.41, 5.74) is 1.60. The van der Waals surface area contributed by atoms with E-state index in [4.69, 9.17) is 4.74 Å². The first kappa shape index (κ1) is 20.9. The summed E-state index contributed by atoms with van der Waals surface area (Å²) in [6, 6.07) is 4.57. The quantitative estimate of drug-likeness (QED) is 0.560. The highest BCUT2D eigenvalue weighted by Gasteiger charge is 2.17. The SMILES string of the molecule is CCOC(=O)Cn1c(=NC(=O)c2c(C)cnn2C)sc2cc(S(C)(=O)=O)ccc21. The Morgan fingerprint density at radius 1 is 1.31 bits per heavy atom. The fourth-order valence-corrected chi connectivity index (χ4v) is 4.64. The number of aryl methyl sites for hydroxylation is 2. The van der Waals surface area contributed by atoms with Crippen LogP contribution >= 0.6 is 11.3 Å². The van der Waals surface area contributed by atoms with Crippen molar-refractivity contribution in [2.24, 2.45) is 12.0 Å². The Kier molecular flexibility index (Phi) is 5.71. The van der Waals surface area contributed by atoms with E-state index in [-0.39, 0.29) is 22.8 Å². The molecule has 154 valence electrons. The number of sulfone groups is 1. The summed E-state index contributed by atoms with van der Waals surface area (Å²) in [4.78, 5) is 29.4. The van der Waals surface area contributed by atoms with Crippen molar-refractivity contribution in [3.63, 3.8) is 0 Å². The summed E-state index contributed by atoms with van der Waals surface area (Å²) in [6.07, 6.45) is 2.69. The third-order valence-electron chi connectivity index (χ3n) is 4.20. The van der Waals surface area contributed by atoms with Crippen LogP contribution in [0.4, 0.5) is 0 Å². The van der Waals surface area contributed by atoms with E-state index in [2.05, 4.69) is 10.1 Å². The van der Waals surface area contributed by atoms with Gasteiger partial charge in [-0.15, -0.1) is 0 Å². The number of ether oxygens (including phenoxy) is 1. The lowest BCUT2D eigenvalue weighted by atomic mass is 10.3. The van der Waals surface area contributed by atoms with Crippen LogP contribution in [0.25, 0.3) is 10.2 Å². The molecular formula is C18H20N4O5S2. The zero-order chi connectivity index (χ0) is 21.3. The van der Waals surface area contributed by atoms with E-state index in [0.29, 0.717) is 21.5 Å². The number of amides is 1. The molecule has 0 saturated heterocycles. The van der Waals surface area contributed by atoms with Gasteiger partial charge in [-0.3, -0.25) is 14.3 Å². The van der Waals surface area contributed by atoms with Crippen molar-refractivity contribution in [1.29, 1.82) is 0 Å². The maximum atomic E-state index is 12.7. The largest absolute Gasteiger partial charge is 0.465 e. The molecule has 3 rings (SSSR count). The number of thiazole rings is 1. The number of esters is 1. The van der Waals surface area contributed by atoms with Crippen molar-refractivity contribution in [2.75, 3.05) is 12.9 Å². The van der Waals surface area contributed by atoms with Crippen LogP contribution in [0.2, 0.25) is 0 Å². The molecule has 11 heteroatoms. The molecule has 0 atom stereocenters. The topological polar surface area (TPSA) is 113 Å². The maximum absolute atomic E-state index is 12.7. The molecule has 0 bridgehead atoms. The van der Waals surface area contributed by atoms with Gasteiger partial charge in [-0.2, -0.15) is 10.1 Å². The Labute approximate surface area is 171 Å². The zero-order valence-corrected chi connectivity index (χ0v) is 18.0. The molecule has 1 amide bonds. The highest BCUT2D eigenvalue weighted by atomic mass is 32.2. The van der Waals surface area contributed by atoms with Crippen LogP contribution in [0.15, 0.2) is 34.3 Å². The standard InChI is InChI=1S/C18H20N4O5S2/c1-5-27-15(23)10-22-13-7-6-12(29(4,25)26)8-14(13)28-18(22)20-17(24)16-11(2)9-19-21(16)3/h6-9H,5,10H2,1-4H3. The number of carbonyl (C=O) groups excluding carboxylic acids is 2. The van der Waals surface area contributed by atoms with Crippen molar-refractivity contribution in [3.05, 3.63) is 40.5 Å². The van der Waals surface area contributed by atoms with E-state index in [1.807, 2.05) is 0 Å². The average Bonchev–Trinajstić information content (AvgIpc) is 3.13. The molecule has 0 aliphatic carbocycles. The average molecular weight is 437 g/mol. The Hall–Kier alpha value is -2.79. The molecule has 29 heavy (non-hydrogen) atoms. The van der Waals surface area contributed by atoms with Crippen LogP contribution in [-0.4, -0.2) is 47.5 Å². The van der Waals surface area contributed by atoms with E-state index in [1.165, 1.54) is 16.8 Å². The highest BCUT2D eigenvalue weighted by Crippen LogP contribution is 2.22.